The maximum absolute atomic E-state index is 11.3. The first-order valence-corrected chi connectivity index (χ1v) is 5.51. The Balaban J connectivity index is 2.01. The maximum atomic E-state index is 11.3. The molecule has 2 atom stereocenters. The second-order valence-corrected chi connectivity index (χ2v) is 3.86. The molecule has 0 saturated carbocycles. The second-order valence-electron chi connectivity index (χ2n) is 3.86. The van der Waals surface area contributed by atoms with Gasteiger partial charge in [-0.15, -0.1) is 0 Å². The summed E-state index contributed by atoms with van der Waals surface area (Å²) in [6.07, 6.45) is 0.822. The van der Waals surface area contributed by atoms with E-state index in [1.807, 2.05) is 0 Å². The third-order valence-electron chi connectivity index (χ3n) is 2.39. The monoisotopic (exact) mass is 232 g/mol. The SMILES string of the molecule is COCC(O)CCNC(=O)NC1CCOC1. The molecule has 1 fully saturated rings. The molecule has 6 heteroatoms. The molecule has 0 aromatic heterocycles. The van der Waals surface area contributed by atoms with Gasteiger partial charge in [-0.3, -0.25) is 0 Å². The average Bonchev–Trinajstić information content (AvgIpc) is 2.70. The fraction of sp³-hybridized carbons (Fsp3) is 0.900. The number of aliphatic hydroxyl groups excluding tert-OH is 1. The molecule has 16 heavy (non-hydrogen) atoms. The molecular formula is C10H20N2O4. The number of methoxy groups -OCH3 is 1. The van der Waals surface area contributed by atoms with Gasteiger partial charge in [0.15, 0.2) is 0 Å². The summed E-state index contributed by atoms with van der Waals surface area (Å²) in [4.78, 5) is 11.3. The highest BCUT2D eigenvalue weighted by Crippen LogP contribution is 2.02. The summed E-state index contributed by atoms with van der Waals surface area (Å²) < 4.78 is 9.91. The van der Waals surface area contributed by atoms with Gasteiger partial charge >= 0.3 is 6.03 Å². The average molecular weight is 232 g/mol. The smallest absolute Gasteiger partial charge is 0.315 e. The highest BCUT2D eigenvalue weighted by molar-refractivity contribution is 5.74. The van der Waals surface area contributed by atoms with E-state index < -0.39 is 6.10 Å². The standard InChI is InChI=1S/C10H20N2O4/c1-15-7-9(13)2-4-11-10(14)12-8-3-5-16-6-8/h8-9,13H,2-7H2,1H3,(H2,11,12,14). The van der Waals surface area contributed by atoms with Gasteiger partial charge in [-0.2, -0.15) is 0 Å². The first-order valence-electron chi connectivity index (χ1n) is 5.51. The highest BCUT2D eigenvalue weighted by atomic mass is 16.5. The van der Waals surface area contributed by atoms with Gasteiger partial charge in [0.1, 0.15) is 0 Å². The van der Waals surface area contributed by atoms with E-state index in [1.165, 1.54) is 7.11 Å². The lowest BCUT2D eigenvalue weighted by atomic mass is 10.2. The zero-order valence-electron chi connectivity index (χ0n) is 9.57. The van der Waals surface area contributed by atoms with Crippen molar-refractivity contribution in [1.29, 1.82) is 0 Å². The van der Waals surface area contributed by atoms with E-state index in [4.69, 9.17) is 9.47 Å². The van der Waals surface area contributed by atoms with Crippen molar-refractivity contribution in [3.8, 4) is 0 Å². The Morgan fingerprint density at radius 1 is 1.69 bits per heavy atom. The quantitative estimate of drug-likeness (QED) is 0.575. The lowest BCUT2D eigenvalue weighted by Gasteiger charge is -2.13. The molecule has 1 aliphatic rings. The van der Waals surface area contributed by atoms with E-state index in [0.717, 1.165) is 6.42 Å². The van der Waals surface area contributed by atoms with Crippen LogP contribution in [0.25, 0.3) is 0 Å². The third kappa shape index (κ3) is 5.29. The number of aliphatic hydroxyl groups is 1. The Morgan fingerprint density at radius 3 is 3.12 bits per heavy atom. The molecule has 0 bridgehead atoms. The molecule has 0 aromatic carbocycles. The number of rotatable bonds is 6. The van der Waals surface area contributed by atoms with Crippen LogP contribution in [0.15, 0.2) is 0 Å². The first kappa shape index (κ1) is 13.2. The van der Waals surface area contributed by atoms with Gasteiger partial charge in [0, 0.05) is 20.3 Å². The van der Waals surface area contributed by atoms with Crippen LogP contribution in [0.5, 0.6) is 0 Å². The molecule has 2 unspecified atom stereocenters. The van der Waals surface area contributed by atoms with Crippen molar-refractivity contribution in [2.45, 2.75) is 25.0 Å². The maximum Gasteiger partial charge on any atom is 0.315 e. The van der Waals surface area contributed by atoms with Crippen LogP contribution in [-0.2, 0) is 9.47 Å². The van der Waals surface area contributed by atoms with E-state index in [1.54, 1.807) is 0 Å². The van der Waals surface area contributed by atoms with Crippen LogP contribution in [0.3, 0.4) is 0 Å². The highest BCUT2D eigenvalue weighted by Gasteiger charge is 2.17. The van der Waals surface area contributed by atoms with Gasteiger partial charge in [0.25, 0.3) is 0 Å². The molecule has 1 heterocycles. The van der Waals surface area contributed by atoms with Gasteiger partial charge in [-0.25, -0.2) is 4.79 Å². The normalized spacial score (nSPS) is 21.8. The second kappa shape index (κ2) is 7.43. The van der Waals surface area contributed by atoms with Gasteiger partial charge in [-0.05, 0) is 12.8 Å². The first-order chi connectivity index (χ1) is 7.72. The van der Waals surface area contributed by atoms with Gasteiger partial charge in [-0.1, -0.05) is 0 Å². The zero-order chi connectivity index (χ0) is 11.8. The van der Waals surface area contributed by atoms with E-state index in [9.17, 15) is 9.90 Å². The Labute approximate surface area is 95.3 Å². The van der Waals surface area contributed by atoms with Gasteiger partial charge in [0.05, 0.1) is 25.4 Å². The van der Waals surface area contributed by atoms with Crippen LogP contribution in [0.4, 0.5) is 4.79 Å². The van der Waals surface area contributed by atoms with Crippen molar-refractivity contribution >= 4 is 6.03 Å². The lowest BCUT2D eigenvalue weighted by molar-refractivity contribution is 0.0598. The third-order valence-corrected chi connectivity index (χ3v) is 2.39. The van der Waals surface area contributed by atoms with Crippen molar-refractivity contribution in [2.75, 3.05) is 33.5 Å². The largest absolute Gasteiger partial charge is 0.391 e. The van der Waals surface area contributed by atoms with Gasteiger partial charge in [0.2, 0.25) is 0 Å². The minimum absolute atomic E-state index is 0.115. The van der Waals surface area contributed by atoms with Crippen molar-refractivity contribution in [3.63, 3.8) is 0 Å². The van der Waals surface area contributed by atoms with Crippen molar-refractivity contribution in [3.05, 3.63) is 0 Å². The molecule has 3 N–H and O–H groups in total. The molecule has 0 radical (unpaired) electrons. The number of amides is 2. The summed E-state index contributed by atoms with van der Waals surface area (Å²) in [7, 11) is 1.53. The Kier molecular flexibility index (Phi) is 6.14. The molecule has 94 valence electrons. The van der Waals surface area contributed by atoms with Crippen molar-refractivity contribution in [1.82, 2.24) is 10.6 Å². The Morgan fingerprint density at radius 2 is 2.50 bits per heavy atom. The minimum Gasteiger partial charge on any atom is -0.391 e. The van der Waals surface area contributed by atoms with Crippen LogP contribution < -0.4 is 10.6 Å². The summed E-state index contributed by atoms with van der Waals surface area (Å²) in [5.74, 6) is 0. The molecule has 0 aromatic rings. The van der Waals surface area contributed by atoms with Crippen LogP contribution in [-0.4, -0.2) is 56.8 Å². The summed E-state index contributed by atoms with van der Waals surface area (Å²) in [5.41, 5.74) is 0. The predicted molar refractivity (Wildman–Crippen MR) is 58.3 cm³/mol. The number of carbonyl (C=O) groups is 1. The number of ether oxygens (including phenoxy) is 2. The summed E-state index contributed by atoms with van der Waals surface area (Å²) in [6, 6.07) is -0.0935. The summed E-state index contributed by atoms with van der Waals surface area (Å²) in [5, 5.41) is 14.8. The minimum atomic E-state index is -0.528. The molecule has 0 spiro atoms. The summed E-state index contributed by atoms with van der Waals surface area (Å²) in [6.45, 7) is 2.01. The van der Waals surface area contributed by atoms with Crippen molar-refractivity contribution < 1.29 is 19.4 Å². The molecule has 1 rings (SSSR count). The zero-order valence-corrected chi connectivity index (χ0v) is 9.57. The molecule has 2 amide bonds. The predicted octanol–water partition coefficient (Wildman–Crippen LogP) is -0.528. The number of nitrogens with one attached hydrogen (secondary N) is 2. The fourth-order valence-electron chi connectivity index (χ4n) is 1.51. The number of carbonyl (C=O) groups excluding carboxylic acids is 1. The summed E-state index contributed by atoms with van der Waals surface area (Å²) >= 11 is 0. The van der Waals surface area contributed by atoms with Crippen molar-refractivity contribution in [2.24, 2.45) is 0 Å². The van der Waals surface area contributed by atoms with E-state index >= 15 is 0 Å². The van der Waals surface area contributed by atoms with E-state index in [0.29, 0.717) is 32.8 Å². The number of urea groups is 1. The van der Waals surface area contributed by atoms with Crippen LogP contribution in [0.1, 0.15) is 12.8 Å². The van der Waals surface area contributed by atoms with E-state index in [2.05, 4.69) is 10.6 Å². The van der Waals surface area contributed by atoms with Gasteiger partial charge < -0.3 is 25.2 Å². The fourth-order valence-corrected chi connectivity index (χ4v) is 1.51. The van der Waals surface area contributed by atoms with Crippen LogP contribution in [0, 0.1) is 0 Å². The van der Waals surface area contributed by atoms with Crippen LogP contribution >= 0.6 is 0 Å². The molecular weight excluding hydrogens is 212 g/mol. The topological polar surface area (TPSA) is 79.8 Å². The number of hydrogen-bond donors (Lipinski definition) is 3. The Hall–Kier alpha value is -0.850. The van der Waals surface area contributed by atoms with E-state index in [-0.39, 0.29) is 12.1 Å². The molecule has 1 saturated heterocycles. The molecule has 6 nitrogen and oxygen atoms in total. The number of hydrogen-bond acceptors (Lipinski definition) is 4. The van der Waals surface area contributed by atoms with Crippen LogP contribution in [0.2, 0.25) is 0 Å². The molecule has 1 aliphatic heterocycles. The lowest BCUT2D eigenvalue weighted by Crippen LogP contribution is -2.43. The molecule has 0 aliphatic carbocycles. The Bertz CT molecular complexity index is 207.